The van der Waals surface area contributed by atoms with Crippen LogP contribution in [0.2, 0.25) is 0 Å². The molecular weight excluding hydrogens is 611 g/mol. The Labute approximate surface area is 292 Å². The number of allylic oxidation sites excluding steroid dienone is 1. The molecule has 0 saturated heterocycles. The monoisotopic (exact) mass is 647 g/mol. The number of fused-ring (bicyclic) bond motifs is 7. The van der Waals surface area contributed by atoms with E-state index in [9.17, 15) is 0 Å². The van der Waals surface area contributed by atoms with Crippen molar-refractivity contribution in [1.29, 1.82) is 0 Å². The van der Waals surface area contributed by atoms with Crippen LogP contribution in [0.15, 0.2) is 158 Å². The van der Waals surface area contributed by atoms with Gasteiger partial charge in [-0.05, 0) is 86.0 Å². The highest BCUT2D eigenvalue weighted by Crippen LogP contribution is 2.52. The van der Waals surface area contributed by atoms with Crippen LogP contribution >= 0.6 is 11.3 Å². The van der Waals surface area contributed by atoms with Gasteiger partial charge in [0, 0.05) is 43.4 Å². The molecule has 1 aliphatic carbocycles. The summed E-state index contributed by atoms with van der Waals surface area (Å²) in [6.45, 7) is 5.51. The van der Waals surface area contributed by atoms with Crippen molar-refractivity contribution in [2.45, 2.75) is 32.2 Å². The SMILES string of the molecule is CC1(C)c2cc3ccccc3cc2-c2c(/C(=C/Cc3ccccc3-c3ccc4c(c3)sc3ccccc34)NCc3ccccc3)cccc21. The molecule has 0 aliphatic heterocycles. The molecule has 1 aliphatic rings. The number of rotatable bonds is 7. The predicted octanol–water partition coefficient (Wildman–Crippen LogP) is 12.6. The number of thiophene rings is 1. The van der Waals surface area contributed by atoms with Crippen LogP contribution in [0, 0.1) is 0 Å². The average molecular weight is 648 g/mol. The van der Waals surface area contributed by atoms with Crippen LogP contribution in [-0.2, 0) is 18.4 Å². The molecule has 1 aromatic heterocycles. The van der Waals surface area contributed by atoms with E-state index < -0.39 is 0 Å². The molecule has 0 unspecified atom stereocenters. The first-order chi connectivity index (χ1) is 24.0. The van der Waals surface area contributed by atoms with Gasteiger partial charge in [0.1, 0.15) is 0 Å². The topological polar surface area (TPSA) is 12.0 Å². The van der Waals surface area contributed by atoms with Gasteiger partial charge in [0.25, 0.3) is 0 Å². The van der Waals surface area contributed by atoms with Crippen molar-refractivity contribution in [3.63, 3.8) is 0 Å². The summed E-state index contributed by atoms with van der Waals surface area (Å²) in [7, 11) is 0. The Morgan fingerprint density at radius 3 is 2.22 bits per heavy atom. The summed E-state index contributed by atoms with van der Waals surface area (Å²) >= 11 is 1.88. The number of hydrogen-bond acceptors (Lipinski definition) is 2. The number of benzene rings is 7. The quantitative estimate of drug-likeness (QED) is 0.181. The molecule has 1 nitrogen and oxygen atoms in total. The molecule has 7 aromatic carbocycles. The fourth-order valence-electron chi connectivity index (χ4n) is 7.85. The van der Waals surface area contributed by atoms with Gasteiger partial charge >= 0.3 is 0 Å². The van der Waals surface area contributed by atoms with Crippen LogP contribution in [0.25, 0.3) is 58.9 Å². The van der Waals surface area contributed by atoms with Gasteiger partial charge in [-0.25, -0.2) is 0 Å². The molecule has 0 spiro atoms. The second kappa shape index (κ2) is 11.9. The maximum atomic E-state index is 3.91. The zero-order valence-electron chi connectivity index (χ0n) is 27.8. The second-order valence-corrected chi connectivity index (χ2v) is 14.8. The largest absolute Gasteiger partial charge is 0.381 e. The average Bonchev–Trinajstić information content (AvgIpc) is 3.62. The molecule has 236 valence electrons. The fourth-order valence-corrected chi connectivity index (χ4v) is 9.00. The molecule has 0 atom stereocenters. The first kappa shape index (κ1) is 29.7. The highest BCUT2D eigenvalue weighted by atomic mass is 32.1. The van der Waals surface area contributed by atoms with E-state index in [2.05, 4.69) is 177 Å². The van der Waals surface area contributed by atoms with Gasteiger partial charge in [0.2, 0.25) is 0 Å². The predicted molar refractivity (Wildman–Crippen MR) is 211 cm³/mol. The lowest BCUT2D eigenvalue weighted by Gasteiger charge is -2.22. The zero-order chi connectivity index (χ0) is 33.0. The normalized spacial score (nSPS) is 13.6. The Morgan fingerprint density at radius 1 is 0.612 bits per heavy atom. The zero-order valence-corrected chi connectivity index (χ0v) is 28.7. The van der Waals surface area contributed by atoms with Crippen molar-refractivity contribution in [3.8, 4) is 22.3 Å². The minimum absolute atomic E-state index is 0.0902. The van der Waals surface area contributed by atoms with Gasteiger partial charge in [-0.15, -0.1) is 11.3 Å². The molecule has 1 heterocycles. The van der Waals surface area contributed by atoms with Gasteiger partial charge in [0.15, 0.2) is 0 Å². The Balaban J connectivity index is 1.15. The molecule has 9 rings (SSSR count). The van der Waals surface area contributed by atoms with Crippen molar-refractivity contribution in [1.82, 2.24) is 5.32 Å². The van der Waals surface area contributed by atoms with E-state index in [0.717, 1.165) is 13.0 Å². The molecule has 0 bridgehead atoms. The summed E-state index contributed by atoms with van der Waals surface area (Å²) in [6.07, 6.45) is 3.23. The van der Waals surface area contributed by atoms with Gasteiger partial charge < -0.3 is 5.32 Å². The molecule has 8 aromatic rings. The standard InChI is InChI=1S/C47H37NS/c1-47(2)41-21-12-20-39(46(41)40-27-33-16-6-7-17-34(33)28-42(40)47)43(48-30-31-13-4-3-5-14-31)26-24-32-15-8-9-18-36(32)35-23-25-38-37-19-10-11-22-44(37)49-45(38)29-35/h3-23,25-29,48H,24,30H2,1-2H3/b43-26-. The highest BCUT2D eigenvalue weighted by Gasteiger charge is 2.37. The third-order valence-corrected chi connectivity index (χ3v) is 11.5. The number of hydrogen-bond donors (Lipinski definition) is 1. The summed E-state index contributed by atoms with van der Waals surface area (Å²) in [6, 6.07) is 55.8. The van der Waals surface area contributed by atoms with E-state index in [0.29, 0.717) is 0 Å². The summed E-state index contributed by atoms with van der Waals surface area (Å²) in [5.74, 6) is 0. The fraction of sp³-hybridized carbons (Fsp3) is 0.106. The van der Waals surface area contributed by atoms with Crippen molar-refractivity contribution >= 4 is 48.0 Å². The molecule has 0 fully saturated rings. The lowest BCUT2D eigenvalue weighted by molar-refractivity contribution is 0.661. The maximum absolute atomic E-state index is 3.91. The molecule has 0 saturated carbocycles. The van der Waals surface area contributed by atoms with E-state index in [1.54, 1.807) is 0 Å². The van der Waals surface area contributed by atoms with E-state index >= 15 is 0 Å². The molecule has 0 radical (unpaired) electrons. The Hall–Kier alpha value is -5.44. The lowest BCUT2D eigenvalue weighted by atomic mass is 9.81. The molecule has 1 N–H and O–H groups in total. The summed E-state index contributed by atoms with van der Waals surface area (Å²) in [5.41, 5.74) is 13.0. The van der Waals surface area contributed by atoms with Crippen LogP contribution in [0.3, 0.4) is 0 Å². The van der Waals surface area contributed by atoms with Crippen molar-refractivity contribution in [3.05, 3.63) is 186 Å². The van der Waals surface area contributed by atoms with Crippen molar-refractivity contribution in [2.75, 3.05) is 0 Å². The third-order valence-electron chi connectivity index (χ3n) is 10.4. The highest BCUT2D eigenvalue weighted by molar-refractivity contribution is 7.25. The summed E-state index contributed by atoms with van der Waals surface area (Å²) in [5, 5.41) is 9.17. The minimum atomic E-state index is -0.0902. The van der Waals surface area contributed by atoms with Crippen molar-refractivity contribution < 1.29 is 0 Å². The van der Waals surface area contributed by atoms with E-state index in [1.165, 1.54) is 86.7 Å². The van der Waals surface area contributed by atoms with Gasteiger partial charge in [-0.3, -0.25) is 0 Å². The summed E-state index contributed by atoms with van der Waals surface area (Å²) in [4.78, 5) is 0. The second-order valence-electron chi connectivity index (χ2n) is 13.7. The van der Waals surface area contributed by atoms with Crippen molar-refractivity contribution in [2.24, 2.45) is 0 Å². The molecular formula is C47H37NS. The van der Waals surface area contributed by atoms with Crippen LogP contribution in [0.1, 0.15) is 41.7 Å². The van der Waals surface area contributed by atoms with Crippen LogP contribution in [0.4, 0.5) is 0 Å². The Kier molecular flexibility index (Phi) is 7.21. The first-order valence-corrected chi connectivity index (χ1v) is 18.0. The maximum Gasteiger partial charge on any atom is 0.0400 e. The van der Waals surface area contributed by atoms with E-state index in [4.69, 9.17) is 0 Å². The smallest absolute Gasteiger partial charge is 0.0400 e. The summed E-state index contributed by atoms with van der Waals surface area (Å²) < 4.78 is 2.68. The van der Waals surface area contributed by atoms with E-state index in [1.807, 2.05) is 11.3 Å². The van der Waals surface area contributed by atoms with Gasteiger partial charge in [-0.1, -0.05) is 147 Å². The molecule has 49 heavy (non-hydrogen) atoms. The lowest BCUT2D eigenvalue weighted by Crippen LogP contribution is -2.16. The van der Waals surface area contributed by atoms with Gasteiger partial charge in [0.05, 0.1) is 0 Å². The molecule has 2 heteroatoms. The third kappa shape index (κ3) is 5.15. The van der Waals surface area contributed by atoms with Crippen LogP contribution in [-0.4, -0.2) is 0 Å². The van der Waals surface area contributed by atoms with E-state index in [-0.39, 0.29) is 5.41 Å². The Bertz CT molecular complexity index is 2550. The first-order valence-electron chi connectivity index (χ1n) is 17.2. The minimum Gasteiger partial charge on any atom is -0.381 e. The van der Waals surface area contributed by atoms with Crippen LogP contribution in [0.5, 0.6) is 0 Å². The van der Waals surface area contributed by atoms with Crippen LogP contribution < -0.4 is 5.32 Å². The Morgan fingerprint density at radius 2 is 1.35 bits per heavy atom. The van der Waals surface area contributed by atoms with Gasteiger partial charge in [-0.2, -0.15) is 0 Å². The molecule has 0 amide bonds. The number of nitrogens with one attached hydrogen (secondary N) is 1.